The van der Waals surface area contributed by atoms with Gasteiger partial charge >= 0.3 is 0 Å². The van der Waals surface area contributed by atoms with Crippen molar-refractivity contribution in [1.82, 2.24) is 21.0 Å². The lowest BCUT2D eigenvalue weighted by Crippen LogP contribution is -2.44. The number of nitriles is 4. The molecular formula is C34H28N10. The molecule has 2 aliphatic rings. The molecule has 1 fully saturated rings. The van der Waals surface area contributed by atoms with Crippen molar-refractivity contribution in [3.63, 3.8) is 0 Å². The first-order chi connectivity index (χ1) is 21.6. The molecular weight excluding hydrogens is 548 g/mol. The van der Waals surface area contributed by atoms with E-state index >= 15 is 0 Å². The Morgan fingerprint density at radius 2 is 1.59 bits per heavy atom. The number of rotatable bonds is 10. The zero-order valence-electron chi connectivity index (χ0n) is 23.7. The Hall–Kier alpha value is -6.07. The lowest BCUT2D eigenvalue weighted by Gasteiger charge is -2.24. The third-order valence-electron chi connectivity index (χ3n) is 8.01. The van der Waals surface area contributed by atoms with Crippen LogP contribution < -0.4 is 21.6 Å². The maximum Gasteiger partial charge on any atom is 0.143 e. The number of fused-ring (bicyclic) bond motifs is 1. The van der Waals surface area contributed by atoms with Gasteiger partial charge in [0.15, 0.2) is 0 Å². The molecule has 1 aliphatic heterocycles. The Kier molecular flexibility index (Phi) is 7.68. The molecule has 0 saturated heterocycles. The predicted molar refractivity (Wildman–Crippen MR) is 165 cm³/mol. The molecule has 0 spiro atoms. The van der Waals surface area contributed by atoms with E-state index in [-0.39, 0.29) is 12.1 Å². The van der Waals surface area contributed by atoms with Crippen LogP contribution in [0.5, 0.6) is 0 Å². The van der Waals surface area contributed by atoms with Crippen LogP contribution in [-0.2, 0) is 0 Å². The number of nitrogens with zero attached hydrogens (tertiary/aromatic N) is 6. The van der Waals surface area contributed by atoms with Crippen molar-refractivity contribution < 1.29 is 0 Å². The topological polar surface area (TPSA) is 159 Å². The van der Waals surface area contributed by atoms with Crippen molar-refractivity contribution in [3.8, 4) is 24.3 Å². The van der Waals surface area contributed by atoms with Gasteiger partial charge in [-0.3, -0.25) is 9.99 Å². The van der Waals surface area contributed by atoms with E-state index in [4.69, 9.17) is 0 Å². The highest BCUT2D eigenvalue weighted by atomic mass is 15.7. The number of benzene rings is 3. The maximum atomic E-state index is 10.2. The summed E-state index contributed by atoms with van der Waals surface area (Å²) in [5, 5.41) is 48.8. The minimum absolute atomic E-state index is 0.243. The van der Waals surface area contributed by atoms with Crippen molar-refractivity contribution in [3.05, 3.63) is 113 Å². The smallest absolute Gasteiger partial charge is 0.143 e. The second-order valence-electron chi connectivity index (χ2n) is 10.8. The van der Waals surface area contributed by atoms with E-state index in [1.165, 1.54) is 6.20 Å². The highest BCUT2D eigenvalue weighted by molar-refractivity contribution is 5.99. The average Bonchev–Trinajstić information content (AvgIpc) is 3.73. The third-order valence-corrected chi connectivity index (χ3v) is 8.01. The molecule has 1 aromatic heterocycles. The Labute approximate surface area is 255 Å². The fourth-order valence-electron chi connectivity index (χ4n) is 5.49. The second-order valence-corrected chi connectivity index (χ2v) is 10.8. The van der Waals surface area contributed by atoms with Crippen LogP contribution in [0.1, 0.15) is 60.0 Å². The SMILES string of the molecule is N#CCC[C@@H](Nc1c(C#N)cnc2c(C#N)cc(N[C@H](C3=CN(C4(C#N)CC4)NN3)c3ccccc3)cc12)c1ccccc1. The lowest BCUT2D eigenvalue weighted by atomic mass is 9.99. The zero-order chi connectivity index (χ0) is 30.5. The fourth-order valence-corrected chi connectivity index (χ4v) is 5.49. The summed E-state index contributed by atoms with van der Waals surface area (Å²) in [6, 6.07) is 31.9. The number of hydrogen-bond donors (Lipinski definition) is 4. The molecule has 10 heteroatoms. The van der Waals surface area contributed by atoms with Crippen molar-refractivity contribution in [2.75, 3.05) is 10.6 Å². The molecule has 214 valence electrons. The quantitative estimate of drug-likeness (QED) is 0.181. The van der Waals surface area contributed by atoms with Crippen molar-refractivity contribution in [2.24, 2.45) is 0 Å². The number of nitrogens with one attached hydrogen (secondary N) is 4. The summed E-state index contributed by atoms with van der Waals surface area (Å²) >= 11 is 0. The van der Waals surface area contributed by atoms with Gasteiger partial charge < -0.3 is 16.1 Å². The van der Waals surface area contributed by atoms with Gasteiger partial charge in [-0.25, -0.2) is 0 Å². The molecule has 10 nitrogen and oxygen atoms in total. The molecule has 1 aliphatic carbocycles. The van der Waals surface area contributed by atoms with Gasteiger partial charge in [-0.05, 0) is 42.5 Å². The van der Waals surface area contributed by atoms with Gasteiger partial charge in [0.05, 0.1) is 52.3 Å². The van der Waals surface area contributed by atoms with Gasteiger partial charge in [-0.1, -0.05) is 60.7 Å². The number of hydrogen-bond acceptors (Lipinski definition) is 10. The van der Waals surface area contributed by atoms with Crippen molar-refractivity contribution >= 4 is 22.3 Å². The van der Waals surface area contributed by atoms with E-state index in [9.17, 15) is 21.0 Å². The minimum Gasteiger partial charge on any atom is -0.377 e. The van der Waals surface area contributed by atoms with E-state index in [0.717, 1.165) is 29.7 Å². The first-order valence-electron chi connectivity index (χ1n) is 14.3. The van der Waals surface area contributed by atoms with E-state index in [0.29, 0.717) is 46.2 Å². The molecule has 0 bridgehead atoms. The fraction of sp³-hybridized carbons (Fsp3) is 0.206. The number of pyridine rings is 1. The molecule has 0 unspecified atom stereocenters. The zero-order valence-corrected chi connectivity index (χ0v) is 23.7. The predicted octanol–water partition coefficient (Wildman–Crippen LogP) is 5.81. The molecule has 3 aromatic carbocycles. The standard InChI is InChI=1S/C34H28N10/c35-15-7-12-29(23-8-3-1-4-9-23)41-32-26(19-37)20-39-31-25(18-36)16-27(17-28(31)32)40-33(24-10-5-2-6-11-24)30-21-44(43-42-30)34(22-38)13-14-34/h1-6,8-11,16-17,20-21,29,33,40,42-43H,7,12-14H2,(H,39,41)/t29-,33+/m1/s1. The monoisotopic (exact) mass is 576 g/mol. The van der Waals surface area contributed by atoms with Gasteiger partial charge in [0.2, 0.25) is 0 Å². The largest absolute Gasteiger partial charge is 0.377 e. The summed E-state index contributed by atoms with van der Waals surface area (Å²) in [5.74, 6) is 0. The molecule has 2 heterocycles. The van der Waals surface area contributed by atoms with E-state index in [1.807, 2.05) is 77.9 Å². The summed E-state index contributed by atoms with van der Waals surface area (Å²) in [6.07, 6.45) is 5.81. The first-order valence-corrected chi connectivity index (χ1v) is 14.3. The van der Waals surface area contributed by atoms with E-state index in [1.54, 1.807) is 6.07 Å². The first kappa shape index (κ1) is 28.1. The molecule has 4 N–H and O–H groups in total. The highest BCUT2D eigenvalue weighted by Crippen LogP contribution is 2.42. The summed E-state index contributed by atoms with van der Waals surface area (Å²) in [4.78, 5) is 4.50. The molecule has 1 saturated carbocycles. The number of anilines is 2. The molecule has 6 rings (SSSR count). The highest BCUT2D eigenvalue weighted by Gasteiger charge is 2.50. The third kappa shape index (κ3) is 5.42. The van der Waals surface area contributed by atoms with Crippen LogP contribution in [0.25, 0.3) is 10.9 Å². The van der Waals surface area contributed by atoms with E-state index in [2.05, 4.69) is 50.9 Å². The Morgan fingerprint density at radius 1 is 0.886 bits per heavy atom. The maximum absolute atomic E-state index is 10.2. The van der Waals surface area contributed by atoms with Gasteiger partial charge in [-0.2, -0.15) is 21.0 Å². The van der Waals surface area contributed by atoms with Gasteiger partial charge in [0, 0.05) is 29.9 Å². The number of aromatic nitrogens is 1. The second kappa shape index (κ2) is 12.0. The van der Waals surface area contributed by atoms with Crippen LogP contribution in [0.2, 0.25) is 0 Å². The van der Waals surface area contributed by atoms with Gasteiger partial charge in [0.1, 0.15) is 17.7 Å². The van der Waals surface area contributed by atoms with Crippen LogP contribution in [0.15, 0.2) is 90.9 Å². The summed E-state index contributed by atoms with van der Waals surface area (Å²) in [5.41, 5.74) is 10.9. The van der Waals surface area contributed by atoms with Crippen LogP contribution >= 0.6 is 0 Å². The Bertz CT molecular complexity index is 1890. The molecule has 44 heavy (non-hydrogen) atoms. The molecule has 2 atom stereocenters. The Morgan fingerprint density at radius 3 is 2.23 bits per heavy atom. The normalized spacial score (nSPS) is 15.8. The van der Waals surface area contributed by atoms with Crippen molar-refractivity contribution in [2.45, 2.75) is 43.3 Å². The molecule has 4 aromatic rings. The summed E-state index contributed by atoms with van der Waals surface area (Å²) in [6.45, 7) is 0. The van der Waals surface area contributed by atoms with Crippen LogP contribution in [0.4, 0.5) is 11.4 Å². The lowest BCUT2D eigenvalue weighted by molar-refractivity contribution is 0.217. The van der Waals surface area contributed by atoms with Crippen LogP contribution in [-0.4, -0.2) is 15.5 Å². The Balaban J connectivity index is 1.43. The van der Waals surface area contributed by atoms with Gasteiger partial charge in [-0.15, -0.1) is 5.53 Å². The minimum atomic E-state index is -0.562. The summed E-state index contributed by atoms with van der Waals surface area (Å²) in [7, 11) is 0. The van der Waals surface area contributed by atoms with Crippen molar-refractivity contribution in [1.29, 1.82) is 21.0 Å². The number of hydrazine groups is 2. The van der Waals surface area contributed by atoms with Crippen LogP contribution in [0, 0.1) is 45.3 Å². The van der Waals surface area contributed by atoms with Crippen LogP contribution in [0.3, 0.4) is 0 Å². The average molecular weight is 577 g/mol. The van der Waals surface area contributed by atoms with Gasteiger partial charge in [0.25, 0.3) is 0 Å². The van der Waals surface area contributed by atoms with E-state index < -0.39 is 5.54 Å². The summed E-state index contributed by atoms with van der Waals surface area (Å²) < 4.78 is 0. The molecule has 0 amide bonds. The molecule has 0 radical (unpaired) electrons.